The molecular weight excluding hydrogens is 835 g/mol. The summed E-state index contributed by atoms with van der Waals surface area (Å²) in [5.41, 5.74) is 4.41. The Kier molecular flexibility index (Phi) is 10.7. The van der Waals surface area contributed by atoms with Gasteiger partial charge in [-0.25, -0.2) is 9.97 Å². The fraction of sp³-hybridized carbons (Fsp3) is 0.412. The second kappa shape index (κ2) is 16.8. The standard InChI is InChI=1S/C51H53N9O6/c61-41-15-10-31-4-5-35(24-34(31)8-13-39-11-6-32-17-22-57(48(32)53-39)20-2-1-3-21-58-28-42(62)46(64)44(41)55-58)37-16-19-51(26-37)30-59-29-43(63)47(65)45(56-59)50(66)52-27-38-25-36(38)9-14-40-12-7-33-18-23-60(51)49(33)54-40/h4-7,11-12,17-18,22-24,28-29,36-38,62-63H,1-3,8-10,13-16,19-21,25-27,30H2,(H,52,66). The van der Waals surface area contributed by atoms with E-state index >= 15 is 0 Å². The molecule has 3 N–H and O–H groups in total. The monoisotopic (exact) mass is 887 g/mol. The van der Waals surface area contributed by atoms with Gasteiger partial charge >= 0.3 is 0 Å². The largest absolute Gasteiger partial charge is 0.503 e. The fourth-order valence-corrected chi connectivity index (χ4v) is 11.0. The van der Waals surface area contributed by atoms with Crippen LogP contribution in [0.2, 0.25) is 0 Å². The lowest BCUT2D eigenvalue weighted by atomic mass is 9.88. The van der Waals surface area contributed by atoms with Crippen LogP contribution in [0.25, 0.3) is 22.1 Å². The van der Waals surface area contributed by atoms with Gasteiger partial charge < -0.3 is 24.7 Å². The van der Waals surface area contributed by atoms with Crippen molar-refractivity contribution in [1.82, 2.24) is 44.0 Å². The van der Waals surface area contributed by atoms with Crippen molar-refractivity contribution < 1.29 is 19.8 Å². The van der Waals surface area contributed by atoms with Crippen molar-refractivity contribution in [1.29, 1.82) is 0 Å². The van der Waals surface area contributed by atoms with Gasteiger partial charge in [0.1, 0.15) is 11.3 Å². The quantitative estimate of drug-likeness (QED) is 0.167. The lowest BCUT2D eigenvalue weighted by molar-refractivity contribution is 0.0938. The molecule has 1 spiro atoms. The van der Waals surface area contributed by atoms with E-state index in [9.17, 15) is 29.4 Å². The highest BCUT2D eigenvalue weighted by Crippen LogP contribution is 2.48. The zero-order chi connectivity index (χ0) is 45.1. The summed E-state index contributed by atoms with van der Waals surface area (Å²) < 4.78 is 7.53. The van der Waals surface area contributed by atoms with Crippen LogP contribution in [0.3, 0.4) is 0 Å². The third-order valence-corrected chi connectivity index (χ3v) is 14.8. The number of fused-ring (bicyclic) bond motifs is 9. The van der Waals surface area contributed by atoms with E-state index in [0.29, 0.717) is 50.6 Å². The number of rotatable bonds is 1. The van der Waals surface area contributed by atoms with E-state index in [-0.39, 0.29) is 30.3 Å². The Hall–Kier alpha value is -6.90. The molecule has 1 aromatic carbocycles. The average Bonchev–Trinajstić information content (AvgIpc) is 3.56. The molecule has 4 aliphatic rings. The van der Waals surface area contributed by atoms with Crippen molar-refractivity contribution >= 4 is 33.8 Å². The number of carbonyl (C=O) groups excluding carboxylic acids is 2. The highest BCUT2D eigenvalue weighted by Gasteiger charge is 2.43. The third kappa shape index (κ3) is 7.98. The third-order valence-electron chi connectivity index (χ3n) is 14.8. The van der Waals surface area contributed by atoms with Crippen molar-refractivity contribution in [2.75, 3.05) is 6.54 Å². The summed E-state index contributed by atoms with van der Waals surface area (Å²) in [6.07, 6.45) is 16.2. The number of carbonyl (C=O) groups is 2. The van der Waals surface area contributed by atoms with Crippen LogP contribution in [-0.2, 0) is 50.9 Å². The number of nitrogens with one attached hydrogen (secondary N) is 1. The second-order valence-electron chi connectivity index (χ2n) is 19.2. The van der Waals surface area contributed by atoms with Crippen LogP contribution in [-0.4, -0.2) is 67.1 Å². The number of aromatic nitrogens is 8. The van der Waals surface area contributed by atoms with Crippen molar-refractivity contribution in [3.05, 3.63) is 139 Å². The summed E-state index contributed by atoms with van der Waals surface area (Å²) in [4.78, 5) is 63.8. The Bertz CT molecular complexity index is 3180. The molecule has 4 atom stereocenters. The van der Waals surface area contributed by atoms with Crippen LogP contribution < -0.4 is 16.2 Å². The van der Waals surface area contributed by atoms with Crippen LogP contribution in [0.5, 0.6) is 11.5 Å². The maximum atomic E-state index is 13.7. The minimum Gasteiger partial charge on any atom is -0.503 e. The van der Waals surface area contributed by atoms with Crippen molar-refractivity contribution in [3.63, 3.8) is 0 Å². The molecular formula is C51H53N9O6. The number of ketones is 1. The van der Waals surface area contributed by atoms with Gasteiger partial charge in [0.25, 0.3) is 16.8 Å². The highest BCUT2D eigenvalue weighted by molar-refractivity contribution is 5.94. The average molecular weight is 888 g/mol. The molecule has 11 rings (SSSR count). The van der Waals surface area contributed by atoms with E-state index < -0.39 is 39.6 Å². The molecule has 2 fully saturated rings. The predicted molar refractivity (Wildman–Crippen MR) is 247 cm³/mol. The zero-order valence-electron chi connectivity index (χ0n) is 36.9. The molecule has 66 heavy (non-hydrogen) atoms. The van der Waals surface area contributed by atoms with Gasteiger partial charge in [-0.05, 0) is 148 Å². The van der Waals surface area contributed by atoms with Crippen LogP contribution in [0.15, 0.2) is 89.0 Å². The molecule has 1 amide bonds. The second-order valence-corrected chi connectivity index (χ2v) is 19.2. The van der Waals surface area contributed by atoms with Gasteiger partial charge in [-0.3, -0.25) is 28.5 Å². The number of benzene rings is 1. The Morgan fingerprint density at radius 3 is 2.26 bits per heavy atom. The first kappa shape index (κ1) is 41.8. The molecule has 338 valence electrons. The van der Waals surface area contributed by atoms with E-state index in [4.69, 9.17) is 9.97 Å². The number of aryl methyl sites for hydroxylation is 6. The summed E-state index contributed by atoms with van der Waals surface area (Å²) >= 11 is 0. The topological polar surface area (TPSA) is 192 Å². The van der Waals surface area contributed by atoms with Crippen LogP contribution >= 0.6 is 0 Å². The maximum absolute atomic E-state index is 13.7. The van der Waals surface area contributed by atoms with Crippen LogP contribution in [0.1, 0.15) is 113 Å². The SMILES string of the molecule is O=C1CCc2ccc(C3CCC4(C3)Cn3cc(O)c(=O)c(n3)C(=O)NCC3CC3CCc3ccc5ccn4c5n3)cc2CCc2ccc3ccn(c3n2)CCCCCn2cc(O)c(=O)c1n2. The highest BCUT2D eigenvalue weighted by atomic mass is 16.3. The predicted octanol–water partition coefficient (Wildman–Crippen LogP) is 6.37. The van der Waals surface area contributed by atoms with Gasteiger partial charge in [-0.1, -0.05) is 18.2 Å². The zero-order valence-corrected chi connectivity index (χ0v) is 36.9. The van der Waals surface area contributed by atoms with E-state index in [1.807, 2.05) is 0 Å². The first-order chi connectivity index (χ1) is 32.1. The van der Waals surface area contributed by atoms with Gasteiger partial charge in [0, 0.05) is 60.6 Å². The van der Waals surface area contributed by atoms with E-state index in [2.05, 4.69) is 91.6 Å². The van der Waals surface area contributed by atoms with Gasteiger partial charge in [0.05, 0.1) is 24.5 Å². The molecule has 6 aromatic heterocycles. The molecule has 15 nitrogen and oxygen atoms in total. The molecule has 2 saturated carbocycles. The number of nitrogens with zero attached hydrogens (tertiary/aromatic N) is 8. The molecule has 8 bridgehead atoms. The first-order valence-corrected chi connectivity index (χ1v) is 23.5. The van der Waals surface area contributed by atoms with Crippen molar-refractivity contribution in [2.45, 2.75) is 115 Å². The Labute approximate surface area is 380 Å². The fourth-order valence-electron chi connectivity index (χ4n) is 11.0. The summed E-state index contributed by atoms with van der Waals surface area (Å²) in [5.74, 6) is -1.09. The molecule has 0 radical (unpaired) electrons. The van der Waals surface area contributed by atoms with E-state index in [1.165, 1.54) is 17.1 Å². The normalized spacial score (nSPS) is 22.8. The molecule has 7 aromatic rings. The molecule has 0 saturated heterocycles. The maximum Gasteiger partial charge on any atom is 0.275 e. The molecule has 2 aliphatic carbocycles. The number of aromatic hydroxyl groups is 2. The van der Waals surface area contributed by atoms with Gasteiger partial charge in [-0.15, -0.1) is 0 Å². The summed E-state index contributed by atoms with van der Waals surface area (Å²) in [5, 5.41) is 35.5. The summed E-state index contributed by atoms with van der Waals surface area (Å²) in [6, 6.07) is 19.2. The van der Waals surface area contributed by atoms with E-state index in [1.54, 1.807) is 4.68 Å². The lowest BCUT2D eigenvalue weighted by Crippen LogP contribution is -2.38. The summed E-state index contributed by atoms with van der Waals surface area (Å²) in [7, 11) is 0. The van der Waals surface area contributed by atoms with Gasteiger partial charge in [-0.2, -0.15) is 10.2 Å². The minimum absolute atomic E-state index is 0.0540. The number of hydrogen-bond acceptors (Lipinski definition) is 10. The van der Waals surface area contributed by atoms with Gasteiger partial charge in [0.15, 0.2) is 28.7 Å². The molecule has 15 heteroatoms. The molecule has 2 aliphatic heterocycles. The number of amides is 1. The Morgan fingerprint density at radius 1 is 0.667 bits per heavy atom. The Balaban J connectivity index is 0.959. The Morgan fingerprint density at radius 2 is 1.39 bits per heavy atom. The lowest BCUT2D eigenvalue weighted by Gasteiger charge is -2.33. The minimum atomic E-state index is -0.786. The van der Waals surface area contributed by atoms with Crippen molar-refractivity contribution in [3.8, 4) is 11.5 Å². The van der Waals surface area contributed by atoms with Crippen LogP contribution in [0, 0.1) is 11.8 Å². The summed E-state index contributed by atoms with van der Waals surface area (Å²) in [6.45, 7) is 2.01. The smallest absolute Gasteiger partial charge is 0.275 e. The van der Waals surface area contributed by atoms with Crippen LogP contribution in [0.4, 0.5) is 0 Å². The number of Topliss-reactive ketones (excluding diaryl/α,β-unsaturated/α-hetero) is 1. The number of hydrogen-bond donors (Lipinski definition) is 3. The molecule has 8 heterocycles. The van der Waals surface area contributed by atoms with Gasteiger partial charge in [0.2, 0.25) is 0 Å². The number of pyridine rings is 2. The first-order valence-electron chi connectivity index (χ1n) is 23.5. The molecule has 4 unspecified atom stereocenters. The van der Waals surface area contributed by atoms with E-state index in [0.717, 1.165) is 108 Å². The van der Waals surface area contributed by atoms with Crippen molar-refractivity contribution in [2.24, 2.45) is 11.8 Å².